The first-order valence-corrected chi connectivity index (χ1v) is 4.77. The highest BCUT2D eigenvalue weighted by molar-refractivity contribution is 7.08. The number of hydrogen-bond donors (Lipinski definition) is 0. The minimum absolute atomic E-state index is 0.497. The van der Waals surface area contributed by atoms with Crippen molar-refractivity contribution in [2.45, 2.75) is 13.8 Å². The molecular weight excluding hydrogens is 170 g/mol. The summed E-state index contributed by atoms with van der Waals surface area (Å²) in [6.07, 6.45) is 0. The molecule has 1 rings (SSSR count). The van der Waals surface area contributed by atoms with E-state index in [0.717, 1.165) is 5.75 Å². The van der Waals surface area contributed by atoms with Crippen LogP contribution in [0.2, 0.25) is 0 Å². The van der Waals surface area contributed by atoms with Crippen molar-refractivity contribution in [1.82, 2.24) is 0 Å². The van der Waals surface area contributed by atoms with Gasteiger partial charge in [0.2, 0.25) is 0 Å². The third-order valence-electron chi connectivity index (χ3n) is 1.32. The maximum absolute atomic E-state index is 8.65. The van der Waals surface area contributed by atoms with Gasteiger partial charge in [0.25, 0.3) is 0 Å². The van der Waals surface area contributed by atoms with Crippen LogP contribution in [0.1, 0.15) is 19.4 Å². The predicted octanol–water partition coefficient (Wildman–Crippen LogP) is 2.65. The number of ether oxygens (including phenoxy) is 1. The Morgan fingerprint density at radius 2 is 2.33 bits per heavy atom. The molecule has 12 heavy (non-hydrogen) atoms. The minimum Gasteiger partial charge on any atom is -0.491 e. The quantitative estimate of drug-likeness (QED) is 0.718. The van der Waals surface area contributed by atoms with Crippen LogP contribution in [-0.2, 0) is 0 Å². The van der Waals surface area contributed by atoms with E-state index in [2.05, 4.69) is 19.9 Å². The second kappa shape index (κ2) is 4.13. The fraction of sp³-hybridized carbons (Fsp3) is 0.444. The molecule has 0 fully saturated rings. The van der Waals surface area contributed by atoms with Gasteiger partial charge in [-0.3, -0.25) is 0 Å². The standard InChI is InChI=1S/C9H11NOS/c1-7(2)4-11-9-6-12-5-8(9)3-10/h5-7H,4H2,1-2H3. The Morgan fingerprint density at radius 3 is 2.92 bits per heavy atom. The van der Waals surface area contributed by atoms with E-state index >= 15 is 0 Å². The van der Waals surface area contributed by atoms with Crippen LogP contribution in [0.25, 0.3) is 0 Å². The van der Waals surface area contributed by atoms with Gasteiger partial charge in [-0.1, -0.05) is 13.8 Å². The Balaban J connectivity index is 2.58. The van der Waals surface area contributed by atoms with Gasteiger partial charge in [0.05, 0.1) is 6.61 Å². The van der Waals surface area contributed by atoms with Gasteiger partial charge in [-0.05, 0) is 5.92 Å². The number of nitrogens with zero attached hydrogens (tertiary/aromatic N) is 1. The van der Waals surface area contributed by atoms with E-state index in [9.17, 15) is 0 Å². The molecule has 0 saturated carbocycles. The summed E-state index contributed by atoms with van der Waals surface area (Å²) in [5.41, 5.74) is 0.639. The zero-order valence-electron chi connectivity index (χ0n) is 7.20. The second-order valence-corrected chi connectivity index (χ2v) is 3.71. The van der Waals surface area contributed by atoms with Crippen molar-refractivity contribution in [3.8, 4) is 11.8 Å². The minimum atomic E-state index is 0.497. The normalized spacial score (nSPS) is 9.83. The molecule has 0 N–H and O–H groups in total. The lowest BCUT2D eigenvalue weighted by molar-refractivity contribution is 0.271. The van der Waals surface area contributed by atoms with Crippen LogP contribution in [0.4, 0.5) is 0 Å². The van der Waals surface area contributed by atoms with Crippen LogP contribution in [-0.4, -0.2) is 6.61 Å². The average molecular weight is 181 g/mol. The summed E-state index contributed by atoms with van der Waals surface area (Å²) in [7, 11) is 0. The Morgan fingerprint density at radius 1 is 1.58 bits per heavy atom. The summed E-state index contributed by atoms with van der Waals surface area (Å²) in [6, 6.07) is 2.08. The molecule has 0 unspecified atom stereocenters. The van der Waals surface area contributed by atoms with E-state index in [4.69, 9.17) is 10.00 Å². The highest BCUT2D eigenvalue weighted by Gasteiger charge is 2.04. The molecule has 0 saturated heterocycles. The van der Waals surface area contributed by atoms with Gasteiger partial charge in [-0.25, -0.2) is 0 Å². The lowest BCUT2D eigenvalue weighted by Gasteiger charge is -2.06. The smallest absolute Gasteiger partial charge is 0.147 e. The van der Waals surface area contributed by atoms with E-state index in [1.165, 1.54) is 11.3 Å². The highest BCUT2D eigenvalue weighted by atomic mass is 32.1. The molecule has 0 amide bonds. The molecule has 0 aliphatic heterocycles. The molecule has 1 heterocycles. The summed E-state index contributed by atoms with van der Waals surface area (Å²) < 4.78 is 5.42. The van der Waals surface area contributed by atoms with Crippen molar-refractivity contribution in [3.05, 3.63) is 16.3 Å². The molecular formula is C9H11NOS. The van der Waals surface area contributed by atoms with Crippen LogP contribution in [0.3, 0.4) is 0 Å². The largest absolute Gasteiger partial charge is 0.491 e. The number of nitriles is 1. The molecule has 0 atom stereocenters. The third kappa shape index (κ3) is 2.24. The molecule has 3 heteroatoms. The van der Waals surface area contributed by atoms with E-state index in [1.54, 1.807) is 5.38 Å². The third-order valence-corrected chi connectivity index (χ3v) is 2.04. The van der Waals surface area contributed by atoms with Gasteiger partial charge >= 0.3 is 0 Å². The first-order chi connectivity index (χ1) is 5.74. The van der Waals surface area contributed by atoms with Crippen molar-refractivity contribution < 1.29 is 4.74 Å². The number of hydrogen-bond acceptors (Lipinski definition) is 3. The summed E-state index contributed by atoms with van der Waals surface area (Å²) >= 11 is 1.49. The van der Waals surface area contributed by atoms with Gasteiger partial charge < -0.3 is 4.74 Å². The van der Waals surface area contributed by atoms with Crippen molar-refractivity contribution in [2.24, 2.45) is 5.92 Å². The van der Waals surface area contributed by atoms with Crippen LogP contribution >= 0.6 is 11.3 Å². The van der Waals surface area contributed by atoms with Gasteiger partial charge in [-0.2, -0.15) is 5.26 Å². The first-order valence-electron chi connectivity index (χ1n) is 3.83. The summed E-state index contributed by atoms with van der Waals surface area (Å²) in [5.74, 6) is 1.22. The summed E-state index contributed by atoms with van der Waals surface area (Å²) in [6.45, 7) is 4.84. The van der Waals surface area contributed by atoms with Crippen molar-refractivity contribution in [1.29, 1.82) is 5.26 Å². The fourth-order valence-corrected chi connectivity index (χ4v) is 1.43. The molecule has 0 aromatic carbocycles. The van der Waals surface area contributed by atoms with Gasteiger partial charge in [0, 0.05) is 10.8 Å². The monoisotopic (exact) mass is 181 g/mol. The highest BCUT2D eigenvalue weighted by Crippen LogP contribution is 2.22. The molecule has 64 valence electrons. The lowest BCUT2D eigenvalue weighted by atomic mass is 10.2. The van der Waals surface area contributed by atoms with E-state index in [1.807, 2.05) is 5.38 Å². The van der Waals surface area contributed by atoms with Crippen LogP contribution in [0, 0.1) is 17.2 Å². The molecule has 0 aliphatic rings. The van der Waals surface area contributed by atoms with E-state index < -0.39 is 0 Å². The predicted molar refractivity (Wildman–Crippen MR) is 49.4 cm³/mol. The number of thiophene rings is 1. The summed E-state index contributed by atoms with van der Waals surface area (Å²) in [4.78, 5) is 0. The first kappa shape index (κ1) is 9.08. The number of rotatable bonds is 3. The Hall–Kier alpha value is -1.01. The molecule has 1 aromatic heterocycles. The van der Waals surface area contributed by atoms with Crippen LogP contribution < -0.4 is 4.74 Å². The van der Waals surface area contributed by atoms with Crippen molar-refractivity contribution in [2.75, 3.05) is 6.61 Å². The summed E-state index contributed by atoms with van der Waals surface area (Å²) in [5, 5.41) is 12.3. The van der Waals surface area contributed by atoms with Crippen LogP contribution in [0.5, 0.6) is 5.75 Å². The maximum atomic E-state index is 8.65. The fourth-order valence-electron chi connectivity index (χ4n) is 0.735. The Bertz CT molecular complexity index is 285. The lowest BCUT2D eigenvalue weighted by Crippen LogP contribution is -2.04. The molecule has 0 spiro atoms. The molecule has 0 bridgehead atoms. The van der Waals surface area contributed by atoms with Gasteiger partial charge in [0.1, 0.15) is 17.4 Å². The zero-order valence-corrected chi connectivity index (χ0v) is 8.02. The maximum Gasteiger partial charge on any atom is 0.147 e. The van der Waals surface area contributed by atoms with Crippen molar-refractivity contribution in [3.63, 3.8) is 0 Å². The average Bonchev–Trinajstić information content (AvgIpc) is 2.47. The van der Waals surface area contributed by atoms with Gasteiger partial charge in [0.15, 0.2) is 0 Å². The van der Waals surface area contributed by atoms with E-state index in [-0.39, 0.29) is 0 Å². The zero-order chi connectivity index (χ0) is 8.97. The van der Waals surface area contributed by atoms with Crippen molar-refractivity contribution >= 4 is 11.3 Å². The second-order valence-electron chi connectivity index (χ2n) is 2.97. The molecule has 1 aromatic rings. The SMILES string of the molecule is CC(C)COc1cscc1C#N. The molecule has 0 aliphatic carbocycles. The topological polar surface area (TPSA) is 33.0 Å². The Kier molecular flexibility index (Phi) is 3.12. The Labute approximate surface area is 76.4 Å². The molecule has 0 radical (unpaired) electrons. The van der Waals surface area contributed by atoms with Gasteiger partial charge in [-0.15, -0.1) is 11.3 Å². The molecule has 2 nitrogen and oxygen atoms in total. The van der Waals surface area contributed by atoms with E-state index in [0.29, 0.717) is 18.1 Å². The van der Waals surface area contributed by atoms with Crippen LogP contribution in [0.15, 0.2) is 10.8 Å².